The van der Waals surface area contributed by atoms with E-state index in [0.29, 0.717) is 18.4 Å². The van der Waals surface area contributed by atoms with Crippen molar-refractivity contribution >= 4 is 22.4 Å². The maximum Gasteiger partial charge on any atom is 0.220 e. The molecule has 6 heteroatoms. The topological polar surface area (TPSA) is 54.5 Å². The largest absolute Gasteiger partial charge is 0.381 e. The van der Waals surface area contributed by atoms with E-state index in [1.807, 2.05) is 18.2 Å². The molecule has 0 saturated carbocycles. The molecule has 1 amide bonds. The number of benzene rings is 1. The summed E-state index contributed by atoms with van der Waals surface area (Å²) in [7, 11) is 0. The Labute approximate surface area is 164 Å². The molecule has 3 heterocycles. The van der Waals surface area contributed by atoms with Crippen LogP contribution in [0.15, 0.2) is 35.7 Å². The Morgan fingerprint density at radius 2 is 1.89 bits per heavy atom. The third kappa shape index (κ3) is 4.87. The van der Waals surface area contributed by atoms with Crippen LogP contribution in [0.4, 0.5) is 5.13 Å². The number of hydrogen-bond donors (Lipinski definition) is 1. The normalized spacial score (nSPS) is 19.2. The molecule has 2 saturated heterocycles. The molecule has 0 radical (unpaired) electrons. The summed E-state index contributed by atoms with van der Waals surface area (Å²) in [5.74, 6) is 0.690. The van der Waals surface area contributed by atoms with E-state index in [-0.39, 0.29) is 5.91 Å². The highest BCUT2D eigenvalue weighted by Gasteiger charge is 2.24. The van der Waals surface area contributed by atoms with E-state index in [1.54, 1.807) is 11.3 Å². The van der Waals surface area contributed by atoms with E-state index < -0.39 is 0 Å². The van der Waals surface area contributed by atoms with Crippen molar-refractivity contribution in [2.24, 2.45) is 5.92 Å². The number of nitrogens with one attached hydrogen (secondary N) is 1. The van der Waals surface area contributed by atoms with Crippen molar-refractivity contribution < 1.29 is 9.53 Å². The molecule has 1 aromatic heterocycles. The lowest BCUT2D eigenvalue weighted by molar-refractivity contribution is -0.123. The second-order valence-electron chi connectivity index (χ2n) is 7.47. The van der Waals surface area contributed by atoms with E-state index >= 15 is 0 Å². The van der Waals surface area contributed by atoms with Gasteiger partial charge in [-0.3, -0.25) is 4.79 Å². The van der Waals surface area contributed by atoms with Crippen LogP contribution in [0.5, 0.6) is 0 Å². The molecule has 0 unspecified atom stereocenters. The lowest BCUT2D eigenvalue weighted by Gasteiger charge is -2.32. The van der Waals surface area contributed by atoms with E-state index in [0.717, 1.165) is 62.8 Å². The highest BCUT2D eigenvalue weighted by molar-refractivity contribution is 7.14. The van der Waals surface area contributed by atoms with Gasteiger partial charge in [-0.2, -0.15) is 0 Å². The number of anilines is 1. The maximum atomic E-state index is 12.3. The van der Waals surface area contributed by atoms with Gasteiger partial charge in [0, 0.05) is 49.7 Å². The van der Waals surface area contributed by atoms with Gasteiger partial charge >= 0.3 is 0 Å². The predicted molar refractivity (Wildman–Crippen MR) is 109 cm³/mol. The molecule has 2 aromatic rings. The lowest BCUT2D eigenvalue weighted by atomic mass is 9.93. The summed E-state index contributed by atoms with van der Waals surface area (Å²) in [4.78, 5) is 19.5. The molecule has 2 aliphatic rings. The zero-order valence-electron chi connectivity index (χ0n) is 15.6. The van der Waals surface area contributed by atoms with Gasteiger partial charge in [0.05, 0.1) is 5.69 Å². The summed E-state index contributed by atoms with van der Waals surface area (Å²) in [5, 5.41) is 6.42. The Bertz CT molecular complexity index is 735. The van der Waals surface area contributed by atoms with Crippen LogP contribution < -0.4 is 10.2 Å². The van der Waals surface area contributed by atoms with Crippen molar-refractivity contribution in [2.75, 3.05) is 31.2 Å². The molecule has 2 aliphatic heterocycles. The molecule has 4 rings (SSSR count). The van der Waals surface area contributed by atoms with E-state index in [9.17, 15) is 4.79 Å². The van der Waals surface area contributed by atoms with Gasteiger partial charge in [0.1, 0.15) is 0 Å². The van der Waals surface area contributed by atoms with Crippen LogP contribution in [0, 0.1) is 5.92 Å². The second-order valence-corrected chi connectivity index (χ2v) is 8.31. The summed E-state index contributed by atoms with van der Waals surface area (Å²) in [6, 6.07) is 10.6. The first kappa shape index (κ1) is 18.4. The number of amides is 1. The minimum Gasteiger partial charge on any atom is -0.381 e. The number of nitrogens with zero attached hydrogens (tertiary/aromatic N) is 2. The van der Waals surface area contributed by atoms with Gasteiger partial charge in [-0.25, -0.2) is 4.98 Å². The van der Waals surface area contributed by atoms with Gasteiger partial charge in [0.15, 0.2) is 5.13 Å². The van der Waals surface area contributed by atoms with Crippen LogP contribution in [-0.2, 0) is 9.53 Å². The molecule has 1 aromatic carbocycles. The SMILES string of the molecule is O=C(CC1CCN(c2nc(-c3ccccc3)cs2)CC1)NC1CCOCC1. The number of rotatable bonds is 5. The summed E-state index contributed by atoms with van der Waals surface area (Å²) < 4.78 is 5.35. The Morgan fingerprint density at radius 1 is 1.15 bits per heavy atom. The first-order valence-corrected chi connectivity index (χ1v) is 10.8. The fraction of sp³-hybridized carbons (Fsp3) is 0.524. The predicted octanol–water partition coefficient (Wildman–Crippen LogP) is 3.71. The third-order valence-electron chi connectivity index (χ3n) is 5.51. The second kappa shape index (κ2) is 8.85. The van der Waals surface area contributed by atoms with Crippen LogP contribution in [-0.4, -0.2) is 43.2 Å². The lowest BCUT2D eigenvalue weighted by Crippen LogP contribution is -2.41. The summed E-state index contributed by atoms with van der Waals surface area (Å²) in [6.45, 7) is 3.50. The number of carbonyl (C=O) groups excluding carboxylic acids is 1. The monoisotopic (exact) mass is 385 g/mol. The maximum absolute atomic E-state index is 12.3. The summed E-state index contributed by atoms with van der Waals surface area (Å²) in [6.07, 6.45) is 4.65. The number of thiazole rings is 1. The van der Waals surface area contributed by atoms with Crippen LogP contribution >= 0.6 is 11.3 Å². The molecule has 0 aliphatic carbocycles. The van der Waals surface area contributed by atoms with Crippen molar-refractivity contribution in [3.8, 4) is 11.3 Å². The Balaban J connectivity index is 1.25. The first-order chi connectivity index (χ1) is 13.3. The zero-order valence-corrected chi connectivity index (χ0v) is 16.4. The highest BCUT2D eigenvalue weighted by Crippen LogP contribution is 2.31. The number of aromatic nitrogens is 1. The van der Waals surface area contributed by atoms with Gasteiger partial charge in [-0.1, -0.05) is 30.3 Å². The molecule has 0 bridgehead atoms. The average Bonchev–Trinajstić information content (AvgIpc) is 3.20. The fourth-order valence-corrected chi connectivity index (χ4v) is 4.76. The summed E-state index contributed by atoms with van der Waals surface area (Å²) >= 11 is 1.71. The standard InChI is InChI=1S/C21H27N3O2S/c25-20(22-18-8-12-26-13-9-18)14-16-6-10-24(11-7-16)21-23-19(15-27-21)17-4-2-1-3-5-17/h1-5,15-16,18H,6-14H2,(H,22,25). The molecule has 144 valence electrons. The minimum absolute atomic E-state index is 0.209. The molecular formula is C21H27N3O2S. The van der Waals surface area contributed by atoms with Crippen molar-refractivity contribution in [3.05, 3.63) is 35.7 Å². The van der Waals surface area contributed by atoms with Gasteiger partial charge in [0.2, 0.25) is 5.91 Å². The van der Waals surface area contributed by atoms with Crippen molar-refractivity contribution in [2.45, 2.75) is 38.1 Å². The molecule has 0 spiro atoms. The molecule has 27 heavy (non-hydrogen) atoms. The molecule has 5 nitrogen and oxygen atoms in total. The molecular weight excluding hydrogens is 358 g/mol. The number of piperidine rings is 1. The van der Waals surface area contributed by atoms with E-state index in [4.69, 9.17) is 9.72 Å². The third-order valence-corrected chi connectivity index (χ3v) is 6.41. The zero-order chi connectivity index (χ0) is 18.5. The van der Waals surface area contributed by atoms with Crippen LogP contribution in [0.1, 0.15) is 32.1 Å². The highest BCUT2D eigenvalue weighted by atomic mass is 32.1. The molecule has 0 atom stereocenters. The molecule has 1 N–H and O–H groups in total. The van der Waals surface area contributed by atoms with Crippen LogP contribution in [0.25, 0.3) is 11.3 Å². The fourth-order valence-electron chi connectivity index (χ4n) is 3.87. The quantitative estimate of drug-likeness (QED) is 0.852. The van der Waals surface area contributed by atoms with Crippen molar-refractivity contribution in [1.29, 1.82) is 0 Å². The van der Waals surface area contributed by atoms with Crippen molar-refractivity contribution in [1.82, 2.24) is 10.3 Å². The van der Waals surface area contributed by atoms with Gasteiger partial charge < -0.3 is 15.0 Å². The number of carbonyl (C=O) groups is 1. The van der Waals surface area contributed by atoms with Gasteiger partial charge in [0.25, 0.3) is 0 Å². The number of hydrogen-bond acceptors (Lipinski definition) is 5. The summed E-state index contributed by atoms with van der Waals surface area (Å²) in [5.41, 5.74) is 2.22. The van der Waals surface area contributed by atoms with Crippen LogP contribution in [0.2, 0.25) is 0 Å². The van der Waals surface area contributed by atoms with E-state index in [2.05, 4.69) is 27.7 Å². The van der Waals surface area contributed by atoms with Crippen LogP contribution in [0.3, 0.4) is 0 Å². The average molecular weight is 386 g/mol. The molecule has 2 fully saturated rings. The Hall–Kier alpha value is -1.92. The van der Waals surface area contributed by atoms with Crippen molar-refractivity contribution in [3.63, 3.8) is 0 Å². The first-order valence-electron chi connectivity index (χ1n) is 9.91. The Kier molecular flexibility index (Phi) is 6.04. The number of ether oxygens (including phenoxy) is 1. The minimum atomic E-state index is 0.209. The Morgan fingerprint density at radius 3 is 2.63 bits per heavy atom. The van der Waals surface area contributed by atoms with Gasteiger partial charge in [-0.05, 0) is 31.6 Å². The van der Waals surface area contributed by atoms with E-state index in [1.165, 1.54) is 5.56 Å². The smallest absolute Gasteiger partial charge is 0.220 e. The van der Waals surface area contributed by atoms with Gasteiger partial charge in [-0.15, -0.1) is 11.3 Å².